The molecule has 0 aromatic heterocycles. The van der Waals surface area contributed by atoms with E-state index in [0.717, 1.165) is 18.4 Å². The lowest BCUT2D eigenvalue weighted by molar-refractivity contribution is -0.116. The van der Waals surface area contributed by atoms with Crippen LogP contribution in [0.1, 0.15) is 73.2 Å². The van der Waals surface area contributed by atoms with Gasteiger partial charge in [0.2, 0.25) is 0 Å². The summed E-state index contributed by atoms with van der Waals surface area (Å²) in [7, 11) is 0. The van der Waals surface area contributed by atoms with Crippen molar-refractivity contribution in [3.8, 4) is 11.5 Å². The molecule has 3 aliphatic rings. The van der Waals surface area contributed by atoms with Crippen LogP contribution in [0.4, 0.5) is 0 Å². The molecule has 1 aromatic rings. The van der Waals surface area contributed by atoms with Crippen molar-refractivity contribution in [2.24, 2.45) is 11.3 Å². The van der Waals surface area contributed by atoms with E-state index in [4.69, 9.17) is 27.9 Å². The van der Waals surface area contributed by atoms with E-state index in [1.54, 1.807) is 19.9 Å². The van der Waals surface area contributed by atoms with Gasteiger partial charge in [-0.2, -0.15) is 0 Å². The van der Waals surface area contributed by atoms with E-state index >= 15 is 0 Å². The number of Topliss-reactive ketones (excluding diaryl/α,β-unsaturated/α-hetero) is 2. The van der Waals surface area contributed by atoms with E-state index in [0.29, 0.717) is 0 Å². The van der Waals surface area contributed by atoms with Crippen molar-refractivity contribution in [2.45, 2.75) is 75.8 Å². The molecular weight excluding hydrogens is 463 g/mol. The number of carbonyl (C=O) groups is 2. The fraction of sp³-hybridized carbons (Fsp3) is 0.538. The normalized spacial score (nSPS) is 32.8. The number of fused-ring (bicyclic) bond motifs is 2. The highest BCUT2D eigenvalue weighted by molar-refractivity contribution is 6.30. The average Bonchev–Trinajstić information content (AvgIpc) is 2.72. The van der Waals surface area contributed by atoms with Crippen LogP contribution in [0.3, 0.4) is 0 Å². The number of allylic oxidation sites excluding steroid dienone is 1. The maximum atomic E-state index is 14.2. The first-order valence-corrected chi connectivity index (χ1v) is 12.1. The Kier molecular flexibility index (Phi) is 5.59. The van der Waals surface area contributed by atoms with Gasteiger partial charge in [-0.15, -0.1) is 23.2 Å². The predicted molar refractivity (Wildman–Crippen MR) is 129 cm³/mol. The van der Waals surface area contributed by atoms with Crippen LogP contribution in [0, 0.1) is 18.3 Å². The largest absolute Gasteiger partial charge is 0.508 e. The molecule has 2 aliphatic carbocycles. The maximum absolute atomic E-state index is 14.2. The Balaban J connectivity index is 1.97. The van der Waals surface area contributed by atoms with E-state index in [1.165, 1.54) is 13.0 Å². The minimum atomic E-state index is -1.63. The fourth-order valence-corrected chi connectivity index (χ4v) is 5.96. The van der Waals surface area contributed by atoms with E-state index in [9.17, 15) is 19.8 Å². The molecule has 0 unspecified atom stereocenters. The molecule has 4 atom stereocenters. The highest BCUT2D eigenvalue weighted by Crippen LogP contribution is 2.55. The third-order valence-corrected chi connectivity index (χ3v) is 9.30. The van der Waals surface area contributed by atoms with Crippen LogP contribution >= 0.6 is 23.2 Å². The number of ether oxygens (including phenoxy) is 1. The van der Waals surface area contributed by atoms with Crippen molar-refractivity contribution >= 4 is 34.8 Å². The Morgan fingerprint density at radius 3 is 2.45 bits per heavy atom. The monoisotopic (exact) mass is 492 g/mol. The van der Waals surface area contributed by atoms with Gasteiger partial charge in [0.15, 0.2) is 17.2 Å². The van der Waals surface area contributed by atoms with Crippen molar-refractivity contribution < 1.29 is 24.5 Å². The van der Waals surface area contributed by atoms with Crippen molar-refractivity contribution in [1.29, 1.82) is 0 Å². The van der Waals surface area contributed by atoms with Gasteiger partial charge in [0, 0.05) is 22.1 Å². The molecule has 1 fully saturated rings. The molecule has 2 N–H and O–H groups in total. The molecule has 0 bridgehead atoms. The lowest BCUT2D eigenvalue weighted by Gasteiger charge is -2.52. The van der Waals surface area contributed by atoms with Gasteiger partial charge in [-0.05, 0) is 57.4 Å². The summed E-state index contributed by atoms with van der Waals surface area (Å²) >= 11 is 13.3. The summed E-state index contributed by atoms with van der Waals surface area (Å²) in [6.45, 7) is 13.4. The number of rotatable bonds is 2. The molecule has 1 aliphatic heterocycles. The molecular formula is C26H30Cl2O5. The van der Waals surface area contributed by atoms with Gasteiger partial charge < -0.3 is 14.9 Å². The number of benzene rings is 1. The van der Waals surface area contributed by atoms with Gasteiger partial charge in [-0.25, -0.2) is 0 Å². The number of aromatic hydroxyl groups is 2. The molecule has 33 heavy (non-hydrogen) atoms. The van der Waals surface area contributed by atoms with Gasteiger partial charge in [-0.3, -0.25) is 9.59 Å². The molecule has 0 spiro atoms. The molecule has 4 rings (SSSR count). The quantitative estimate of drug-likeness (QED) is 0.399. The number of hydrogen-bond acceptors (Lipinski definition) is 5. The molecule has 7 heteroatoms. The van der Waals surface area contributed by atoms with Crippen molar-refractivity contribution in [2.75, 3.05) is 0 Å². The van der Waals surface area contributed by atoms with Gasteiger partial charge in [-0.1, -0.05) is 32.1 Å². The number of phenolic OH excluding ortho intramolecular Hbond substituents is 2. The first kappa shape index (κ1) is 24.3. The summed E-state index contributed by atoms with van der Waals surface area (Å²) < 4.78 is 6.49. The molecule has 5 nitrogen and oxygen atoms in total. The first-order chi connectivity index (χ1) is 15.1. The summed E-state index contributed by atoms with van der Waals surface area (Å²) in [4.78, 5) is 27.9. The Labute approximate surface area is 204 Å². The van der Waals surface area contributed by atoms with Crippen LogP contribution < -0.4 is 0 Å². The van der Waals surface area contributed by atoms with Gasteiger partial charge in [0.25, 0.3) is 0 Å². The molecule has 1 saturated carbocycles. The lowest BCUT2D eigenvalue weighted by Crippen LogP contribution is -2.60. The highest BCUT2D eigenvalue weighted by atomic mass is 35.5. The van der Waals surface area contributed by atoms with Crippen LogP contribution in [0.25, 0.3) is 0 Å². The summed E-state index contributed by atoms with van der Waals surface area (Å²) in [6, 6.07) is 1.25. The number of alkyl halides is 2. The SMILES string of the molecule is C=C1CC[C@H](Cl)C(C)(C)[C@@H]1C[C@@]12OC(C)(C)[C@H](Cl)C=C1C(=O)c1c(cc(O)c(C)c1O)C2=O. The third kappa shape index (κ3) is 3.38. The number of ketones is 2. The third-order valence-electron chi connectivity index (χ3n) is 7.87. The zero-order valence-electron chi connectivity index (χ0n) is 19.6. The summed E-state index contributed by atoms with van der Waals surface area (Å²) in [5.41, 5.74) is -1.94. The van der Waals surface area contributed by atoms with Crippen LogP contribution in [0.5, 0.6) is 11.5 Å². The van der Waals surface area contributed by atoms with E-state index in [-0.39, 0.29) is 45.7 Å². The second-order valence-corrected chi connectivity index (χ2v) is 11.7. The topological polar surface area (TPSA) is 83.8 Å². The van der Waals surface area contributed by atoms with Gasteiger partial charge in [0.1, 0.15) is 11.5 Å². The Morgan fingerprint density at radius 2 is 1.82 bits per heavy atom. The highest BCUT2D eigenvalue weighted by Gasteiger charge is 2.60. The maximum Gasteiger partial charge on any atom is 0.200 e. The molecule has 0 saturated heterocycles. The fourth-order valence-electron chi connectivity index (χ4n) is 5.53. The zero-order chi connectivity index (χ0) is 24.7. The number of hydrogen-bond donors (Lipinski definition) is 2. The van der Waals surface area contributed by atoms with Crippen LogP contribution in [0.2, 0.25) is 0 Å². The molecule has 0 radical (unpaired) electrons. The van der Waals surface area contributed by atoms with E-state index in [2.05, 4.69) is 6.58 Å². The van der Waals surface area contributed by atoms with Crippen molar-refractivity contribution in [3.05, 3.63) is 46.6 Å². The van der Waals surface area contributed by atoms with Gasteiger partial charge >= 0.3 is 0 Å². The molecule has 1 aromatic carbocycles. The molecule has 178 valence electrons. The summed E-state index contributed by atoms with van der Waals surface area (Å²) in [5, 5.41) is 20.2. The molecule has 0 amide bonds. The Hall–Kier alpha value is -1.82. The smallest absolute Gasteiger partial charge is 0.200 e. The van der Waals surface area contributed by atoms with E-state index in [1.807, 2.05) is 13.8 Å². The zero-order valence-corrected chi connectivity index (χ0v) is 21.1. The standard InChI is InChI=1S/C26H30Cl2O5/c1-12-7-8-18(27)24(3,4)16(12)11-26-15(10-19(28)25(5,6)33-26)22(31)20-14(23(26)32)9-17(29)13(2)21(20)30/h9-10,16,18-19,29-30H,1,7-8,11H2,2-6H3/t16-,18+,19-,26-/m1/s1. The van der Waals surface area contributed by atoms with Gasteiger partial charge in [0.05, 0.1) is 16.5 Å². The number of carbonyl (C=O) groups excluding carboxylic acids is 2. The second kappa shape index (κ2) is 7.59. The van der Waals surface area contributed by atoms with Crippen LogP contribution in [0.15, 0.2) is 29.9 Å². The number of halogens is 2. The summed E-state index contributed by atoms with van der Waals surface area (Å²) in [6.07, 6.45) is 3.26. The van der Waals surface area contributed by atoms with Crippen molar-refractivity contribution in [3.63, 3.8) is 0 Å². The Morgan fingerprint density at radius 1 is 1.18 bits per heavy atom. The average molecular weight is 493 g/mol. The van der Waals surface area contributed by atoms with Crippen LogP contribution in [-0.4, -0.2) is 43.7 Å². The van der Waals surface area contributed by atoms with Crippen LogP contribution in [-0.2, 0) is 4.74 Å². The Bertz CT molecular complexity index is 1120. The van der Waals surface area contributed by atoms with Crippen molar-refractivity contribution in [1.82, 2.24) is 0 Å². The minimum absolute atomic E-state index is 0.0526. The lowest BCUT2D eigenvalue weighted by atomic mass is 9.59. The summed E-state index contributed by atoms with van der Waals surface area (Å²) in [5.74, 6) is -1.87. The number of phenols is 2. The predicted octanol–water partition coefficient (Wildman–Crippen LogP) is 5.86. The minimum Gasteiger partial charge on any atom is -0.508 e. The second-order valence-electron chi connectivity index (χ2n) is 10.7. The molecule has 1 heterocycles. The van der Waals surface area contributed by atoms with E-state index < -0.39 is 39.3 Å². The first-order valence-electron chi connectivity index (χ1n) is 11.2.